The predicted octanol–water partition coefficient (Wildman–Crippen LogP) is 6.48. The van der Waals surface area contributed by atoms with Gasteiger partial charge in [-0.2, -0.15) is 31.4 Å². The minimum absolute atomic E-state index is 0.0000675. The van der Waals surface area contributed by atoms with E-state index in [0.29, 0.717) is 23.4 Å². The quantitative estimate of drug-likeness (QED) is 0.242. The smallest absolute Gasteiger partial charge is 0.352 e. The zero-order valence-corrected chi connectivity index (χ0v) is 21.3. The van der Waals surface area contributed by atoms with E-state index in [-0.39, 0.29) is 54.0 Å². The molecule has 5 nitrogen and oxygen atoms in total. The number of benzene rings is 2. The number of Topliss-reactive ketones (excluding diaryl/α,β-unsaturated/α-hetero) is 1. The average Bonchev–Trinajstić information content (AvgIpc) is 3.41. The molecule has 0 aliphatic heterocycles. The number of aryl methyl sites for hydroxylation is 2. The SMILES string of the molecule is CCC(=O)NCc1ccc(C(=O)Cc2c(C)cc(C(F)(C(F)(F)F)C(F)(F)F)cc2CC)cc1-n1cccn1. The first kappa shape index (κ1) is 29.9. The summed E-state index contributed by atoms with van der Waals surface area (Å²) in [6.45, 7) is 4.60. The van der Waals surface area contributed by atoms with Crippen molar-refractivity contribution in [1.29, 1.82) is 0 Å². The molecule has 1 amide bonds. The molecular weight excluding hydrogens is 531 g/mol. The molecule has 1 N–H and O–H groups in total. The second kappa shape index (κ2) is 11.2. The number of alkyl halides is 7. The van der Waals surface area contributed by atoms with Crippen LogP contribution >= 0.6 is 0 Å². The fourth-order valence-electron chi connectivity index (χ4n) is 4.24. The number of carbonyl (C=O) groups is 2. The van der Waals surface area contributed by atoms with Gasteiger partial charge in [0, 0.05) is 42.9 Å². The van der Waals surface area contributed by atoms with Crippen LogP contribution < -0.4 is 5.32 Å². The van der Waals surface area contributed by atoms with E-state index in [1.54, 1.807) is 25.3 Å². The molecule has 0 fully saturated rings. The Morgan fingerprint density at radius 1 is 0.949 bits per heavy atom. The van der Waals surface area contributed by atoms with Crippen LogP contribution in [0.15, 0.2) is 48.8 Å². The maximum atomic E-state index is 14.7. The van der Waals surface area contributed by atoms with Crippen LogP contribution in [-0.2, 0) is 29.8 Å². The van der Waals surface area contributed by atoms with Crippen molar-refractivity contribution in [2.24, 2.45) is 0 Å². The molecule has 2 aromatic carbocycles. The number of rotatable bonds is 9. The Kier molecular flexibility index (Phi) is 8.56. The number of hydrogen-bond donors (Lipinski definition) is 1. The topological polar surface area (TPSA) is 64.0 Å². The van der Waals surface area contributed by atoms with Crippen molar-refractivity contribution >= 4 is 11.7 Å². The number of ketones is 1. The molecule has 0 spiro atoms. The van der Waals surface area contributed by atoms with Crippen LogP contribution in [0, 0.1) is 6.92 Å². The molecule has 1 heterocycles. The summed E-state index contributed by atoms with van der Waals surface area (Å²) in [6, 6.07) is 7.37. The van der Waals surface area contributed by atoms with Crippen LogP contribution in [0.4, 0.5) is 30.7 Å². The van der Waals surface area contributed by atoms with Gasteiger partial charge in [0.05, 0.1) is 5.69 Å². The molecule has 0 saturated carbocycles. The summed E-state index contributed by atoms with van der Waals surface area (Å²) in [5.41, 5.74) is -5.61. The first-order valence-corrected chi connectivity index (χ1v) is 12.0. The highest BCUT2D eigenvalue weighted by molar-refractivity contribution is 5.98. The van der Waals surface area contributed by atoms with Gasteiger partial charge in [-0.25, -0.2) is 9.07 Å². The standard InChI is InChI=1S/C27H26F7N3O2/c1-4-17-12-20(25(28,26(29,30)31)27(32,33)34)11-16(3)21(17)14-23(38)18-7-8-19(15-35-24(39)5-2)22(13-18)37-10-6-9-36-37/h6-13H,4-5,14-15H2,1-3H3,(H,35,39). The van der Waals surface area contributed by atoms with Gasteiger partial charge < -0.3 is 5.32 Å². The third kappa shape index (κ3) is 5.99. The lowest BCUT2D eigenvalue weighted by Gasteiger charge is -2.31. The molecule has 0 unspecified atom stereocenters. The molecule has 1 aromatic heterocycles. The van der Waals surface area contributed by atoms with E-state index in [0.717, 1.165) is 0 Å². The van der Waals surface area contributed by atoms with Crippen LogP contribution in [0.5, 0.6) is 0 Å². The molecule has 3 aromatic rings. The number of hydrogen-bond acceptors (Lipinski definition) is 3. The van der Waals surface area contributed by atoms with E-state index in [1.165, 1.54) is 36.9 Å². The summed E-state index contributed by atoms with van der Waals surface area (Å²) in [5.74, 6) is -0.641. The molecule has 12 heteroatoms. The Labute approximate surface area is 220 Å². The van der Waals surface area contributed by atoms with Crippen molar-refractivity contribution < 1.29 is 40.3 Å². The van der Waals surface area contributed by atoms with E-state index in [2.05, 4.69) is 10.4 Å². The second-order valence-corrected chi connectivity index (χ2v) is 8.96. The van der Waals surface area contributed by atoms with E-state index < -0.39 is 29.4 Å². The zero-order chi connectivity index (χ0) is 29.2. The Morgan fingerprint density at radius 2 is 1.62 bits per heavy atom. The molecule has 0 bridgehead atoms. The second-order valence-electron chi connectivity index (χ2n) is 8.96. The van der Waals surface area contributed by atoms with Gasteiger partial charge in [0.25, 0.3) is 0 Å². The summed E-state index contributed by atoms with van der Waals surface area (Å²) >= 11 is 0. The van der Waals surface area contributed by atoms with E-state index in [1.807, 2.05) is 0 Å². The van der Waals surface area contributed by atoms with Gasteiger partial charge in [0.1, 0.15) is 0 Å². The molecular formula is C27H26F7N3O2. The fraction of sp³-hybridized carbons (Fsp3) is 0.370. The Balaban J connectivity index is 2.00. The highest BCUT2D eigenvalue weighted by Gasteiger charge is 2.73. The maximum absolute atomic E-state index is 14.7. The van der Waals surface area contributed by atoms with Gasteiger partial charge in [-0.1, -0.05) is 38.1 Å². The van der Waals surface area contributed by atoms with Gasteiger partial charge in [0.2, 0.25) is 5.91 Å². The van der Waals surface area contributed by atoms with Crippen molar-refractivity contribution in [3.63, 3.8) is 0 Å². The average molecular weight is 558 g/mol. The van der Waals surface area contributed by atoms with Crippen molar-refractivity contribution in [1.82, 2.24) is 15.1 Å². The van der Waals surface area contributed by atoms with E-state index in [9.17, 15) is 40.3 Å². The minimum atomic E-state index is -6.23. The van der Waals surface area contributed by atoms with Gasteiger partial charge in [-0.15, -0.1) is 0 Å². The normalized spacial score (nSPS) is 12.5. The first-order chi connectivity index (χ1) is 18.1. The summed E-state index contributed by atoms with van der Waals surface area (Å²) in [6.07, 6.45) is -9.40. The maximum Gasteiger partial charge on any atom is 0.435 e. The number of halogens is 7. The van der Waals surface area contributed by atoms with E-state index >= 15 is 0 Å². The number of amides is 1. The number of nitrogens with zero attached hydrogens (tertiary/aromatic N) is 2. The number of aromatic nitrogens is 2. The lowest BCUT2D eigenvalue weighted by molar-refractivity contribution is -0.348. The molecule has 0 atom stereocenters. The van der Waals surface area contributed by atoms with Crippen LogP contribution in [0.2, 0.25) is 0 Å². The van der Waals surface area contributed by atoms with Gasteiger partial charge >= 0.3 is 18.0 Å². The Hall–Kier alpha value is -3.70. The lowest BCUT2D eigenvalue weighted by atomic mass is 9.86. The van der Waals surface area contributed by atoms with Gasteiger partial charge in [-0.05, 0) is 47.7 Å². The van der Waals surface area contributed by atoms with Crippen LogP contribution in [0.25, 0.3) is 5.69 Å². The third-order valence-electron chi connectivity index (χ3n) is 6.42. The Bertz CT molecular complexity index is 1330. The molecule has 39 heavy (non-hydrogen) atoms. The molecule has 0 aliphatic rings. The van der Waals surface area contributed by atoms with Crippen LogP contribution in [0.1, 0.15) is 58.4 Å². The predicted molar refractivity (Wildman–Crippen MR) is 129 cm³/mol. The van der Waals surface area contributed by atoms with Crippen molar-refractivity contribution in [3.8, 4) is 5.69 Å². The molecule has 210 valence electrons. The summed E-state index contributed by atoms with van der Waals surface area (Å²) < 4.78 is 96.1. The van der Waals surface area contributed by atoms with Gasteiger partial charge in [-0.3, -0.25) is 9.59 Å². The third-order valence-corrected chi connectivity index (χ3v) is 6.42. The summed E-state index contributed by atoms with van der Waals surface area (Å²) in [4.78, 5) is 25.0. The number of carbonyl (C=O) groups excluding carboxylic acids is 2. The minimum Gasteiger partial charge on any atom is -0.352 e. The highest BCUT2D eigenvalue weighted by atomic mass is 19.4. The molecule has 3 rings (SSSR count). The summed E-state index contributed by atoms with van der Waals surface area (Å²) in [5, 5.41) is 6.91. The largest absolute Gasteiger partial charge is 0.435 e. The van der Waals surface area contributed by atoms with Crippen LogP contribution in [-0.4, -0.2) is 33.8 Å². The highest BCUT2D eigenvalue weighted by Crippen LogP contribution is 2.53. The van der Waals surface area contributed by atoms with Crippen molar-refractivity contribution in [2.75, 3.05) is 0 Å². The lowest BCUT2D eigenvalue weighted by Crippen LogP contribution is -2.50. The van der Waals surface area contributed by atoms with Crippen molar-refractivity contribution in [3.05, 3.63) is 82.2 Å². The monoisotopic (exact) mass is 557 g/mol. The van der Waals surface area contributed by atoms with Crippen molar-refractivity contribution in [2.45, 2.75) is 64.6 Å². The summed E-state index contributed by atoms with van der Waals surface area (Å²) in [7, 11) is 0. The van der Waals surface area contributed by atoms with Gasteiger partial charge in [0.15, 0.2) is 5.78 Å². The fourth-order valence-corrected chi connectivity index (χ4v) is 4.24. The molecule has 0 radical (unpaired) electrons. The van der Waals surface area contributed by atoms with E-state index in [4.69, 9.17) is 0 Å². The molecule has 0 aliphatic carbocycles. The van der Waals surface area contributed by atoms with Crippen LogP contribution in [0.3, 0.4) is 0 Å². The Morgan fingerprint density at radius 3 is 2.15 bits per heavy atom. The molecule has 0 saturated heterocycles. The zero-order valence-electron chi connectivity index (χ0n) is 21.3. The first-order valence-electron chi connectivity index (χ1n) is 12.0. The number of nitrogens with one attached hydrogen (secondary N) is 1.